The normalized spacial score (nSPS) is 15.6. The molecule has 32 heavy (non-hydrogen) atoms. The molecule has 2 amide bonds. The van der Waals surface area contributed by atoms with E-state index >= 15 is 0 Å². The Morgan fingerprint density at radius 3 is 2.72 bits per heavy atom. The molecule has 2 aromatic carbocycles. The molecule has 1 aliphatic heterocycles. The molecule has 1 saturated heterocycles. The molecule has 0 radical (unpaired) electrons. The minimum atomic E-state index is -0.825. The summed E-state index contributed by atoms with van der Waals surface area (Å²) in [5.74, 6) is -1.15. The maximum absolute atomic E-state index is 12.5. The van der Waals surface area contributed by atoms with Crippen LogP contribution in [0.25, 0.3) is 0 Å². The van der Waals surface area contributed by atoms with Gasteiger partial charge in [-0.1, -0.05) is 36.4 Å². The number of thiocarbonyl (C=S) groups is 1. The summed E-state index contributed by atoms with van der Waals surface area (Å²) in [6.45, 7) is 1.04. The van der Waals surface area contributed by atoms with Crippen molar-refractivity contribution in [2.45, 2.75) is 25.3 Å². The number of carbonyl (C=O) groups excluding carboxylic acids is 3. The predicted octanol–water partition coefficient (Wildman–Crippen LogP) is 2.67. The largest absolute Gasteiger partial charge is 0.466 e. The molecule has 2 N–H and O–H groups in total. The van der Waals surface area contributed by atoms with Gasteiger partial charge >= 0.3 is 5.97 Å². The number of carbonyl (C=O) groups is 3. The van der Waals surface area contributed by atoms with Crippen molar-refractivity contribution < 1.29 is 19.1 Å². The van der Waals surface area contributed by atoms with Crippen LogP contribution in [0.3, 0.4) is 0 Å². The van der Waals surface area contributed by atoms with Crippen LogP contribution in [0.15, 0.2) is 54.6 Å². The highest BCUT2D eigenvalue weighted by Gasteiger charge is 2.34. The third kappa shape index (κ3) is 6.99. The van der Waals surface area contributed by atoms with E-state index in [9.17, 15) is 14.4 Å². The fraction of sp³-hybridized carbons (Fsp3) is 0.304. The summed E-state index contributed by atoms with van der Waals surface area (Å²) >= 11 is 7.51. The maximum Gasteiger partial charge on any atom is 0.308 e. The predicted molar refractivity (Wildman–Crippen MR) is 133 cm³/mol. The van der Waals surface area contributed by atoms with E-state index in [1.807, 2.05) is 36.4 Å². The lowest BCUT2D eigenvalue weighted by molar-refractivity contribution is -0.147. The van der Waals surface area contributed by atoms with Crippen LogP contribution < -0.4 is 10.6 Å². The Balaban J connectivity index is 1.52. The number of nitrogens with zero attached hydrogens (tertiary/aromatic N) is 1. The fourth-order valence-corrected chi connectivity index (χ4v) is 4.21. The fourth-order valence-electron chi connectivity index (χ4n) is 3.36. The van der Waals surface area contributed by atoms with Crippen molar-refractivity contribution in [3.05, 3.63) is 69.3 Å². The Kier molecular flexibility index (Phi) is 8.98. The van der Waals surface area contributed by atoms with Crippen LogP contribution in [0.4, 0.5) is 0 Å². The molecule has 0 aromatic heterocycles. The van der Waals surface area contributed by atoms with Crippen molar-refractivity contribution in [2.75, 3.05) is 19.7 Å². The number of benzene rings is 2. The van der Waals surface area contributed by atoms with E-state index in [1.54, 1.807) is 23.1 Å². The molecule has 1 fully saturated rings. The van der Waals surface area contributed by atoms with E-state index in [1.165, 1.54) is 5.56 Å². The van der Waals surface area contributed by atoms with Crippen LogP contribution in [-0.2, 0) is 20.7 Å². The molecule has 2 aromatic rings. The number of esters is 1. The summed E-state index contributed by atoms with van der Waals surface area (Å²) in [5, 5.41) is 5.53. The van der Waals surface area contributed by atoms with E-state index < -0.39 is 12.0 Å². The lowest BCUT2D eigenvalue weighted by atomic mass is 10.1. The summed E-state index contributed by atoms with van der Waals surface area (Å²) in [5.41, 5.74) is 1.64. The highest BCUT2D eigenvalue weighted by atomic mass is 127. The molecule has 168 valence electrons. The highest BCUT2D eigenvalue weighted by molar-refractivity contribution is 14.1. The van der Waals surface area contributed by atoms with Crippen molar-refractivity contribution in [3.63, 3.8) is 0 Å². The van der Waals surface area contributed by atoms with Gasteiger partial charge in [-0.25, -0.2) is 0 Å². The zero-order valence-electron chi connectivity index (χ0n) is 17.4. The number of ether oxygens (including phenoxy) is 1. The van der Waals surface area contributed by atoms with Crippen molar-refractivity contribution >= 4 is 57.7 Å². The second-order valence-electron chi connectivity index (χ2n) is 7.28. The van der Waals surface area contributed by atoms with Gasteiger partial charge in [0.1, 0.15) is 6.04 Å². The molecule has 1 heterocycles. The molecule has 3 rings (SSSR count). The molecule has 1 unspecified atom stereocenters. The molecule has 0 spiro atoms. The molecule has 1 atom stereocenters. The van der Waals surface area contributed by atoms with Crippen molar-refractivity contribution in [1.29, 1.82) is 0 Å². The van der Waals surface area contributed by atoms with Crippen LogP contribution in [-0.4, -0.2) is 53.5 Å². The van der Waals surface area contributed by atoms with Gasteiger partial charge in [0.25, 0.3) is 5.91 Å². The van der Waals surface area contributed by atoms with Gasteiger partial charge in [0.05, 0.1) is 13.0 Å². The first-order chi connectivity index (χ1) is 15.4. The van der Waals surface area contributed by atoms with Crippen molar-refractivity contribution in [2.24, 2.45) is 0 Å². The number of aryl methyl sites for hydroxylation is 1. The molecular formula is C23H24IN3O4S. The smallest absolute Gasteiger partial charge is 0.308 e. The minimum Gasteiger partial charge on any atom is -0.466 e. The first-order valence-corrected chi connectivity index (χ1v) is 11.8. The highest BCUT2D eigenvalue weighted by Crippen LogP contribution is 2.13. The van der Waals surface area contributed by atoms with Gasteiger partial charge in [-0.3, -0.25) is 19.7 Å². The van der Waals surface area contributed by atoms with E-state index in [4.69, 9.17) is 17.0 Å². The second kappa shape index (κ2) is 11.9. The van der Waals surface area contributed by atoms with Gasteiger partial charge in [0.15, 0.2) is 5.11 Å². The van der Waals surface area contributed by atoms with Gasteiger partial charge in [0, 0.05) is 22.2 Å². The third-order valence-electron chi connectivity index (χ3n) is 4.97. The molecule has 9 heteroatoms. The third-order valence-corrected chi connectivity index (χ3v) is 5.98. The average Bonchev–Trinajstić information content (AvgIpc) is 2.78. The molecule has 0 bridgehead atoms. The van der Waals surface area contributed by atoms with Gasteiger partial charge in [-0.15, -0.1) is 0 Å². The van der Waals surface area contributed by atoms with Crippen LogP contribution in [0.1, 0.15) is 28.8 Å². The number of hydrogen-bond acceptors (Lipinski definition) is 5. The summed E-state index contributed by atoms with van der Waals surface area (Å²) in [4.78, 5) is 38.9. The number of nitrogens with one attached hydrogen (secondary N) is 2. The van der Waals surface area contributed by atoms with Gasteiger partial charge in [0.2, 0.25) is 5.91 Å². The van der Waals surface area contributed by atoms with E-state index in [0.29, 0.717) is 25.1 Å². The first kappa shape index (κ1) is 24.1. The topological polar surface area (TPSA) is 87.7 Å². The minimum absolute atomic E-state index is 0.116. The first-order valence-electron chi connectivity index (χ1n) is 10.3. The zero-order valence-corrected chi connectivity index (χ0v) is 20.4. The van der Waals surface area contributed by atoms with Crippen LogP contribution >= 0.6 is 34.8 Å². The molecule has 0 aliphatic carbocycles. The van der Waals surface area contributed by atoms with E-state index in [2.05, 4.69) is 33.2 Å². The van der Waals surface area contributed by atoms with E-state index in [0.717, 1.165) is 9.99 Å². The SMILES string of the molecule is O=C(CC1C(=O)NCCN1C(=S)NC(=O)c1cccc(I)c1)OCCCc1ccccc1. The van der Waals surface area contributed by atoms with Crippen LogP contribution in [0.2, 0.25) is 0 Å². The van der Waals surface area contributed by atoms with Gasteiger partial charge in [-0.2, -0.15) is 0 Å². The number of piperazine rings is 1. The summed E-state index contributed by atoms with van der Waals surface area (Å²) in [6, 6.07) is 16.2. The Morgan fingerprint density at radius 1 is 1.19 bits per heavy atom. The van der Waals surface area contributed by atoms with Gasteiger partial charge in [-0.05, 0) is 71.4 Å². The summed E-state index contributed by atoms with van der Waals surface area (Å²) < 4.78 is 6.25. The lowest BCUT2D eigenvalue weighted by Gasteiger charge is -2.36. The van der Waals surface area contributed by atoms with Gasteiger partial charge < -0.3 is 15.0 Å². The monoisotopic (exact) mass is 565 g/mol. The lowest BCUT2D eigenvalue weighted by Crippen LogP contribution is -2.60. The van der Waals surface area contributed by atoms with E-state index in [-0.39, 0.29) is 30.0 Å². The standard InChI is InChI=1S/C23H24IN3O4S/c24-18-10-4-9-17(14-18)21(29)26-23(32)27-12-11-25-22(30)19(27)15-20(28)31-13-5-8-16-6-2-1-3-7-16/h1-4,6-7,9-10,14,19H,5,8,11-13,15H2,(H,25,30)(H,26,29,32). The number of rotatable bonds is 7. The Bertz CT molecular complexity index is 986. The summed E-state index contributed by atoms with van der Waals surface area (Å²) in [7, 11) is 0. The van der Waals surface area contributed by atoms with Crippen LogP contribution in [0, 0.1) is 3.57 Å². The number of halogens is 1. The molecular weight excluding hydrogens is 541 g/mol. The second-order valence-corrected chi connectivity index (χ2v) is 8.92. The maximum atomic E-state index is 12.5. The Hall–Kier alpha value is -2.53. The van der Waals surface area contributed by atoms with Crippen molar-refractivity contribution in [1.82, 2.24) is 15.5 Å². The van der Waals surface area contributed by atoms with Crippen molar-refractivity contribution in [3.8, 4) is 0 Å². The zero-order chi connectivity index (χ0) is 22.9. The number of amides is 2. The Morgan fingerprint density at radius 2 is 1.97 bits per heavy atom. The number of hydrogen-bond donors (Lipinski definition) is 2. The quantitative estimate of drug-likeness (QED) is 0.233. The molecule has 1 aliphatic rings. The average molecular weight is 565 g/mol. The molecule has 7 nitrogen and oxygen atoms in total. The molecule has 0 saturated carbocycles. The summed E-state index contributed by atoms with van der Waals surface area (Å²) in [6.07, 6.45) is 1.36. The Labute approximate surface area is 206 Å². The van der Waals surface area contributed by atoms with Crippen LogP contribution in [0.5, 0.6) is 0 Å².